The molecule has 1 saturated carbocycles. The van der Waals surface area contributed by atoms with Crippen LogP contribution in [-0.4, -0.2) is 23.8 Å². The third kappa shape index (κ3) is 2.34. The molecule has 2 heteroatoms. The number of rotatable bonds is 1. The molecule has 23 heavy (non-hydrogen) atoms. The maximum absolute atomic E-state index is 6.51. The Bertz CT molecular complexity index is 600. The predicted molar refractivity (Wildman–Crippen MR) is 94.1 cm³/mol. The second kappa shape index (κ2) is 5.37. The molecule has 3 atom stereocenters. The number of allylic oxidation sites excluding steroid dienone is 2. The number of hydrogen-bond acceptors (Lipinski definition) is 2. The van der Waals surface area contributed by atoms with Gasteiger partial charge in [-0.05, 0) is 24.8 Å². The molecule has 0 radical (unpaired) electrons. The Morgan fingerprint density at radius 3 is 2.65 bits per heavy atom. The van der Waals surface area contributed by atoms with E-state index in [1.165, 1.54) is 36.9 Å². The summed E-state index contributed by atoms with van der Waals surface area (Å²) in [6, 6.07) is 11.1. The highest BCUT2D eigenvalue weighted by molar-refractivity contribution is 5.33. The number of hydrogen-bond donors (Lipinski definition) is 0. The number of nitrogens with zero attached hydrogens (tertiary/aromatic N) is 1. The highest BCUT2D eigenvalue weighted by atomic mass is 16.5. The molecular weight excluding hydrogens is 282 g/mol. The van der Waals surface area contributed by atoms with Gasteiger partial charge in [0.15, 0.2) is 0 Å². The van der Waals surface area contributed by atoms with E-state index in [0.717, 1.165) is 13.2 Å². The Balaban J connectivity index is 1.86. The van der Waals surface area contributed by atoms with Gasteiger partial charge in [0.05, 0.1) is 6.61 Å². The maximum Gasteiger partial charge on any atom is 0.144 e. The summed E-state index contributed by atoms with van der Waals surface area (Å²) in [4.78, 5) is 2.64. The molecule has 2 aliphatic heterocycles. The van der Waals surface area contributed by atoms with E-state index in [0.29, 0.717) is 11.8 Å². The van der Waals surface area contributed by atoms with E-state index in [2.05, 4.69) is 62.1 Å². The van der Waals surface area contributed by atoms with Crippen LogP contribution >= 0.6 is 0 Å². The molecule has 1 aromatic carbocycles. The van der Waals surface area contributed by atoms with E-state index in [1.54, 1.807) is 0 Å². The van der Waals surface area contributed by atoms with Crippen molar-refractivity contribution in [2.75, 3.05) is 13.2 Å². The second-order valence-corrected chi connectivity index (χ2v) is 8.44. The normalized spacial score (nSPS) is 33.9. The van der Waals surface area contributed by atoms with Crippen molar-refractivity contribution in [3.8, 4) is 0 Å². The fourth-order valence-electron chi connectivity index (χ4n) is 5.07. The quantitative estimate of drug-likeness (QED) is 0.729. The fraction of sp³-hybridized carbons (Fsp3) is 0.619. The third-order valence-electron chi connectivity index (χ3n) is 6.02. The number of benzene rings is 1. The Hall–Kier alpha value is -1.28. The molecular formula is C21H29NO. The highest BCUT2D eigenvalue weighted by Gasteiger charge is 2.56. The average Bonchev–Trinajstić information content (AvgIpc) is 2.96. The van der Waals surface area contributed by atoms with Crippen LogP contribution in [-0.2, 0) is 4.74 Å². The van der Waals surface area contributed by atoms with E-state index in [1.807, 2.05) is 0 Å². The summed E-state index contributed by atoms with van der Waals surface area (Å²) in [6.45, 7) is 8.97. The van der Waals surface area contributed by atoms with Crippen molar-refractivity contribution < 1.29 is 4.74 Å². The largest absolute Gasteiger partial charge is 0.353 e. The first-order valence-corrected chi connectivity index (χ1v) is 9.21. The van der Waals surface area contributed by atoms with Crippen LogP contribution in [0.1, 0.15) is 57.9 Å². The van der Waals surface area contributed by atoms with Crippen LogP contribution in [0.4, 0.5) is 0 Å². The molecule has 3 unspecified atom stereocenters. The molecule has 124 valence electrons. The summed E-state index contributed by atoms with van der Waals surface area (Å²) >= 11 is 0. The minimum atomic E-state index is -0.0455. The predicted octanol–water partition coefficient (Wildman–Crippen LogP) is 4.93. The van der Waals surface area contributed by atoms with Crippen LogP contribution in [0.25, 0.3) is 0 Å². The van der Waals surface area contributed by atoms with Crippen LogP contribution in [0.2, 0.25) is 0 Å². The van der Waals surface area contributed by atoms with Crippen LogP contribution < -0.4 is 0 Å². The standard InChI is InChI=1S/C21H29NO/c1-20(2,3)19-15-17(16-9-5-4-6-10-16)18-11-7-8-12-21(18)22(19)13-14-23-21/h4-6,9-10,15,17-18H,7-8,11-14H2,1-3H3. The van der Waals surface area contributed by atoms with Gasteiger partial charge in [0, 0.05) is 29.5 Å². The SMILES string of the molecule is CC(C)(C)C1=CC(c2ccccc2)C2CCCCC23OCCN13. The Morgan fingerprint density at radius 1 is 1.13 bits per heavy atom. The van der Waals surface area contributed by atoms with Gasteiger partial charge in [-0.2, -0.15) is 0 Å². The Labute approximate surface area is 140 Å². The molecule has 2 fully saturated rings. The Kier molecular flexibility index (Phi) is 3.57. The van der Waals surface area contributed by atoms with Crippen molar-refractivity contribution in [2.45, 2.75) is 58.1 Å². The van der Waals surface area contributed by atoms with Gasteiger partial charge in [-0.25, -0.2) is 0 Å². The lowest BCUT2D eigenvalue weighted by Crippen LogP contribution is -2.57. The lowest BCUT2D eigenvalue weighted by Gasteiger charge is -2.55. The van der Waals surface area contributed by atoms with Crippen molar-refractivity contribution in [1.29, 1.82) is 0 Å². The monoisotopic (exact) mass is 311 g/mol. The first kappa shape index (κ1) is 15.3. The van der Waals surface area contributed by atoms with Crippen LogP contribution in [0.3, 0.4) is 0 Å². The molecule has 1 saturated heterocycles. The minimum absolute atomic E-state index is 0.0455. The van der Waals surface area contributed by atoms with Gasteiger partial charge >= 0.3 is 0 Å². The zero-order valence-corrected chi connectivity index (χ0v) is 14.7. The van der Waals surface area contributed by atoms with Gasteiger partial charge in [0.1, 0.15) is 5.72 Å². The lowest BCUT2D eigenvalue weighted by molar-refractivity contribution is -0.151. The smallest absolute Gasteiger partial charge is 0.144 e. The van der Waals surface area contributed by atoms with Gasteiger partial charge in [-0.15, -0.1) is 0 Å². The summed E-state index contributed by atoms with van der Waals surface area (Å²) in [6.07, 6.45) is 7.67. The van der Waals surface area contributed by atoms with E-state index >= 15 is 0 Å². The van der Waals surface area contributed by atoms with Crippen molar-refractivity contribution in [2.24, 2.45) is 11.3 Å². The highest BCUT2D eigenvalue weighted by Crippen LogP contribution is 2.55. The molecule has 3 aliphatic rings. The molecule has 2 nitrogen and oxygen atoms in total. The van der Waals surface area contributed by atoms with Gasteiger partial charge in [0.25, 0.3) is 0 Å². The molecule has 1 spiro atoms. The maximum atomic E-state index is 6.51. The lowest BCUT2D eigenvalue weighted by atomic mass is 9.66. The zero-order valence-electron chi connectivity index (χ0n) is 14.7. The molecule has 2 heterocycles. The van der Waals surface area contributed by atoms with Gasteiger partial charge in [0.2, 0.25) is 0 Å². The minimum Gasteiger partial charge on any atom is -0.353 e. The molecule has 0 aromatic heterocycles. The van der Waals surface area contributed by atoms with Gasteiger partial charge in [-0.1, -0.05) is 63.6 Å². The molecule has 0 bridgehead atoms. The summed E-state index contributed by atoms with van der Waals surface area (Å²) in [5, 5.41) is 0. The first-order chi connectivity index (χ1) is 11.0. The van der Waals surface area contributed by atoms with Crippen LogP contribution in [0, 0.1) is 11.3 Å². The van der Waals surface area contributed by atoms with Crippen molar-refractivity contribution >= 4 is 0 Å². The topological polar surface area (TPSA) is 12.5 Å². The molecule has 1 aliphatic carbocycles. The second-order valence-electron chi connectivity index (χ2n) is 8.44. The average molecular weight is 311 g/mol. The van der Waals surface area contributed by atoms with Crippen LogP contribution in [0.15, 0.2) is 42.1 Å². The third-order valence-corrected chi connectivity index (χ3v) is 6.02. The Morgan fingerprint density at radius 2 is 1.91 bits per heavy atom. The van der Waals surface area contributed by atoms with Crippen molar-refractivity contribution in [3.63, 3.8) is 0 Å². The summed E-state index contributed by atoms with van der Waals surface area (Å²) in [7, 11) is 0. The summed E-state index contributed by atoms with van der Waals surface area (Å²) in [5.74, 6) is 1.08. The summed E-state index contributed by atoms with van der Waals surface area (Å²) < 4.78 is 6.51. The molecule has 0 N–H and O–H groups in total. The van der Waals surface area contributed by atoms with Gasteiger partial charge in [-0.3, -0.25) is 0 Å². The van der Waals surface area contributed by atoms with E-state index in [-0.39, 0.29) is 11.1 Å². The number of ether oxygens (including phenoxy) is 1. The fourth-order valence-corrected chi connectivity index (χ4v) is 5.07. The molecule has 0 amide bonds. The molecule has 4 rings (SSSR count). The molecule has 1 aromatic rings. The van der Waals surface area contributed by atoms with Gasteiger partial charge < -0.3 is 9.64 Å². The van der Waals surface area contributed by atoms with Crippen LogP contribution in [0.5, 0.6) is 0 Å². The van der Waals surface area contributed by atoms with E-state index in [9.17, 15) is 0 Å². The van der Waals surface area contributed by atoms with Crippen molar-refractivity contribution in [3.05, 3.63) is 47.7 Å². The summed E-state index contributed by atoms with van der Waals surface area (Å²) in [5.41, 5.74) is 3.06. The van der Waals surface area contributed by atoms with Crippen molar-refractivity contribution in [1.82, 2.24) is 4.90 Å². The first-order valence-electron chi connectivity index (χ1n) is 9.21. The zero-order chi connectivity index (χ0) is 16.1. The van der Waals surface area contributed by atoms with E-state index < -0.39 is 0 Å². The van der Waals surface area contributed by atoms with E-state index in [4.69, 9.17) is 4.74 Å².